The second-order valence-corrected chi connectivity index (χ2v) is 6.11. The van der Waals surface area contributed by atoms with E-state index in [0.717, 1.165) is 12.2 Å². The zero-order chi connectivity index (χ0) is 13.5. The van der Waals surface area contributed by atoms with Crippen molar-refractivity contribution in [3.05, 3.63) is 29.8 Å². The Kier molecular flexibility index (Phi) is 3.22. The Morgan fingerprint density at radius 2 is 2.42 bits per heavy atom. The molecule has 3 rings (SSSR count). The summed E-state index contributed by atoms with van der Waals surface area (Å²) in [5, 5.41) is 0.486. The van der Waals surface area contributed by atoms with Crippen LogP contribution in [0.5, 0.6) is 0 Å². The monoisotopic (exact) mass is 281 g/mol. The molecule has 4 nitrogen and oxygen atoms in total. The molecule has 0 unspecified atom stereocenters. The molecule has 0 aliphatic carbocycles. The van der Waals surface area contributed by atoms with E-state index in [4.69, 9.17) is 10.5 Å². The van der Waals surface area contributed by atoms with Crippen LogP contribution in [0.3, 0.4) is 0 Å². The van der Waals surface area contributed by atoms with Gasteiger partial charge in [0.05, 0.1) is 12.7 Å². The molecule has 6 heteroatoms. The minimum atomic E-state index is -0.757. The summed E-state index contributed by atoms with van der Waals surface area (Å²) >= 11 is 1.53. The Morgan fingerprint density at radius 3 is 3.21 bits per heavy atom. The van der Waals surface area contributed by atoms with Crippen LogP contribution < -0.4 is 5.73 Å². The van der Waals surface area contributed by atoms with Gasteiger partial charge in [-0.2, -0.15) is 0 Å². The number of amidine groups is 1. The van der Waals surface area contributed by atoms with Gasteiger partial charge in [0.1, 0.15) is 17.1 Å². The number of nitrogens with two attached hydrogens (primary N) is 1. The molecule has 19 heavy (non-hydrogen) atoms. The normalized spacial score (nSPS) is 34.5. The minimum Gasteiger partial charge on any atom is -0.379 e. The number of nitrogens with zero attached hydrogens (tertiary/aromatic N) is 2. The lowest BCUT2D eigenvalue weighted by atomic mass is 9.77. The largest absolute Gasteiger partial charge is 0.379 e. The minimum absolute atomic E-state index is 0.167. The molecule has 0 saturated carbocycles. The van der Waals surface area contributed by atoms with Gasteiger partial charge >= 0.3 is 0 Å². The molecule has 2 aliphatic rings. The van der Waals surface area contributed by atoms with Gasteiger partial charge < -0.3 is 10.5 Å². The van der Waals surface area contributed by atoms with Crippen molar-refractivity contribution < 1.29 is 9.13 Å². The number of rotatable bonds is 1. The van der Waals surface area contributed by atoms with Gasteiger partial charge in [-0.05, 0) is 25.5 Å². The molecule has 1 saturated heterocycles. The number of hydrogen-bond acceptors (Lipinski definition) is 5. The molecule has 0 spiro atoms. The number of aromatic nitrogens is 1. The van der Waals surface area contributed by atoms with E-state index >= 15 is 0 Å². The van der Waals surface area contributed by atoms with E-state index in [9.17, 15) is 4.39 Å². The second kappa shape index (κ2) is 4.76. The summed E-state index contributed by atoms with van der Waals surface area (Å²) in [6.45, 7) is 2.37. The lowest BCUT2D eigenvalue weighted by molar-refractivity contribution is -0.0492. The van der Waals surface area contributed by atoms with Crippen molar-refractivity contribution in [2.24, 2.45) is 16.6 Å². The molecule has 3 heterocycles. The molecule has 1 fully saturated rings. The molecule has 1 aromatic rings. The molecule has 0 bridgehead atoms. The van der Waals surface area contributed by atoms with E-state index in [-0.39, 0.29) is 17.8 Å². The van der Waals surface area contributed by atoms with Crippen LogP contribution in [0.4, 0.5) is 4.39 Å². The molecule has 1 aromatic heterocycles. The SMILES string of the molecule is C[C@H]1C[C@H]2CSC(N)=N[C@@]2(c2ncccc2F)CO1. The summed E-state index contributed by atoms with van der Waals surface area (Å²) < 4.78 is 19.9. The average molecular weight is 281 g/mol. The lowest BCUT2D eigenvalue weighted by Crippen LogP contribution is -2.50. The zero-order valence-corrected chi connectivity index (χ0v) is 11.5. The summed E-state index contributed by atoms with van der Waals surface area (Å²) in [5.74, 6) is 0.700. The predicted octanol–water partition coefficient (Wildman–Crippen LogP) is 1.90. The van der Waals surface area contributed by atoms with E-state index in [1.54, 1.807) is 12.3 Å². The van der Waals surface area contributed by atoms with Gasteiger partial charge in [-0.15, -0.1) is 0 Å². The highest BCUT2D eigenvalue weighted by Gasteiger charge is 2.49. The third-order valence-corrected chi connectivity index (χ3v) is 4.75. The van der Waals surface area contributed by atoms with Crippen molar-refractivity contribution in [3.63, 3.8) is 0 Å². The highest BCUT2D eigenvalue weighted by molar-refractivity contribution is 8.13. The maximum atomic E-state index is 14.1. The molecule has 102 valence electrons. The van der Waals surface area contributed by atoms with Crippen molar-refractivity contribution in [2.45, 2.75) is 25.0 Å². The number of ether oxygens (including phenoxy) is 1. The van der Waals surface area contributed by atoms with E-state index in [2.05, 4.69) is 9.98 Å². The smallest absolute Gasteiger partial charge is 0.154 e. The number of fused-ring (bicyclic) bond motifs is 1. The van der Waals surface area contributed by atoms with Crippen LogP contribution in [0, 0.1) is 11.7 Å². The summed E-state index contributed by atoms with van der Waals surface area (Å²) in [7, 11) is 0. The summed E-state index contributed by atoms with van der Waals surface area (Å²) in [6.07, 6.45) is 2.61. The van der Waals surface area contributed by atoms with Gasteiger partial charge in [0.25, 0.3) is 0 Å². The Labute approximate surface area is 115 Å². The second-order valence-electron chi connectivity index (χ2n) is 5.07. The summed E-state index contributed by atoms with van der Waals surface area (Å²) in [6, 6.07) is 3.00. The van der Waals surface area contributed by atoms with Gasteiger partial charge in [0.15, 0.2) is 5.17 Å². The van der Waals surface area contributed by atoms with Crippen LogP contribution in [0.25, 0.3) is 0 Å². The average Bonchev–Trinajstić information content (AvgIpc) is 2.40. The molecule has 0 radical (unpaired) electrons. The molecule has 2 N–H and O–H groups in total. The Bertz CT molecular complexity index is 524. The van der Waals surface area contributed by atoms with Crippen molar-refractivity contribution in [3.8, 4) is 0 Å². The number of aliphatic imine (C=N–C) groups is 1. The van der Waals surface area contributed by atoms with E-state index in [0.29, 0.717) is 17.5 Å². The molecule has 3 atom stereocenters. The maximum absolute atomic E-state index is 14.1. The molecular formula is C13H16FN3OS. The van der Waals surface area contributed by atoms with Gasteiger partial charge in [-0.25, -0.2) is 9.38 Å². The van der Waals surface area contributed by atoms with E-state index in [1.807, 2.05) is 6.92 Å². The fourth-order valence-corrected chi connectivity index (χ4v) is 3.83. The predicted molar refractivity (Wildman–Crippen MR) is 73.5 cm³/mol. The van der Waals surface area contributed by atoms with Crippen LogP contribution in [0.1, 0.15) is 19.0 Å². The van der Waals surface area contributed by atoms with E-state index in [1.165, 1.54) is 17.8 Å². The standard InChI is InChI=1S/C13H16FN3OS/c1-8-5-9-6-19-12(15)17-13(9,7-18-8)11-10(14)3-2-4-16-11/h2-4,8-9H,5-7H2,1H3,(H2,15,17)/t8-,9-,13-/m0/s1. The van der Waals surface area contributed by atoms with Crippen molar-refractivity contribution in [2.75, 3.05) is 12.4 Å². The number of thioether (sulfide) groups is 1. The van der Waals surface area contributed by atoms with Crippen LogP contribution >= 0.6 is 11.8 Å². The van der Waals surface area contributed by atoms with Crippen LogP contribution in [0.2, 0.25) is 0 Å². The van der Waals surface area contributed by atoms with Gasteiger partial charge in [0.2, 0.25) is 0 Å². The summed E-state index contributed by atoms with van der Waals surface area (Å²) in [4.78, 5) is 8.74. The highest BCUT2D eigenvalue weighted by Crippen LogP contribution is 2.45. The Balaban J connectivity index is 2.11. The lowest BCUT2D eigenvalue weighted by Gasteiger charge is -2.44. The van der Waals surface area contributed by atoms with E-state index < -0.39 is 5.54 Å². The highest BCUT2D eigenvalue weighted by atomic mass is 32.2. The van der Waals surface area contributed by atoms with Crippen LogP contribution in [0.15, 0.2) is 23.3 Å². The maximum Gasteiger partial charge on any atom is 0.154 e. The van der Waals surface area contributed by atoms with Gasteiger partial charge in [-0.3, -0.25) is 4.98 Å². The van der Waals surface area contributed by atoms with Gasteiger partial charge in [-0.1, -0.05) is 11.8 Å². The Morgan fingerprint density at radius 1 is 1.58 bits per heavy atom. The number of hydrogen-bond donors (Lipinski definition) is 1. The first-order chi connectivity index (χ1) is 9.12. The quantitative estimate of drug-likeness (QED) is 0.854. The molecular weight excluding hydrogens is 265 g/mol. The molecule has 0 amide bonds. The first-order valence-electron chi connectivity index (χ1n) is 6.32. The number of pyridine rings is 1. The fraction of sp³-hybridized carbons (Fsp3) is 0.538. The topological polar surface area (TPSA) is 60.5 Å². The van der Waals surface area contributed by atoms with Crippen molar-refractivity contribution in [1.82, 2.24) is 4.98 Å². The molecule has 2 aliphatic heterocycles. The van der Waals surface area contributed by atoms with Crippen molar-refractivity contribution in [1.29, 1.82) is 0 Å². The molecule has 0 aromatic carbocycles. The zero-order valence-electron chi connectivity index (χ0n) is 10.7. The first-order valence-corrected chi connectivity index (χ1v) is 7.31. The Hall–Kier alpha value is -1.14. The third kappa shape index (κ3) is 2.12. The van der Waals surface area contributed by atoms with Gasteiger partial charge in [0, 0.05) is 17.9 Å². The van der Waals surface area contributed by atoms with Crippen molar-refractivity contribution >= 4 is 16.9 Å². The summed E-state index contributed by atoms with van der Waals surface area (Å²) in [5.41, 5.74) is 5.46. The van der Waals surface area contributed by atoms with Crippen LogP contribution in [-0.2, 0) is 10.3 Å². The first kappa shape index (κ1) is 12.9. The number of halogens is 1. The third-order valence-electron chi connectivity index (χ3n) is 3.79. The fourth-order valence-electron chi connectivity index (χ4n) is 2.81. The van der Waals surface area contributed by atoms with Crippen LogP contribution in [-0.4, -0.2) is 28.6 Å².